The van der Waals surface area contributed by atoms with Crippen molar-refractivity contribution in [3.05, 3.63) is 113 Å². The van der Waals surface area contributed by atoms with Gasteiger partial charge in [-0.2, -0.15) is 0 Å². The molecule has 0 bridgehead atoms. The van der Waals surface area contributed by atoms with Crippen molar-refractivity contribution in [2.75, 3.05) is 6.54 Å². The first-order valence-electron chi connectivity index (χ1n) is 9.69. The molecule has 27 heavy (non-hydrogen) atoms. The Labute approximate surface area is 170 Å². The van der Waals surface area contributed by atoms with Crippen molar-refractivity contribution >= 4 is 4.38 Å². The number of allylic oxidation sites excluding steroid dienone is 3. The van der Waals surface area contributed by atoms with Gasteiger partial charge in [-0.05, 0) is 0 Å². The molecule has 135 valence electrons. The third kappa shape index (κ3) is 3.53. The molecule has 2 aromatic rings. The molecule has 0 amide bonds. The van der Waals surface area contributed by atoms with Crippen LogP contribution in [0.1, 0.15) is 36.9 Å². The normalized spacial score (nSPS) is 18.5. The van der Waals surface area contributed by atoms with Crippen LogP contribution >= 0.6 is 0 Å². The zero-order valence-corrected chi connectivity index (χ0v) is 16.9. The molecule has 0 N–H and O–H groups in total. The van der Waals surface area contributed by atoms with Crippen LogP contribution in [0.5, 0.6) is 0 Å². The average molecular weight is 390 g/mol. The van der Waals surface area contributed by atoms with Crippen LogP contribution in [0.4, 0.5) is 0 Å². The Kier molecular flexibility index (Phi) is 5.58. The van der Waals surface area contributed by atoms with E-state index in [-0.39, 0.29) is 0 Å². The van der Waals surface area contributed by atoms with E-state index in [4.69, 9.17) is 0 Å². The van der Waals surface area contributed by atoms with E-state index in [9.17, 15) is 0 Å². The summed E-state index contributed by atoms with van der Waals surface area (Å²) in [6, 6.07) is 21.9. The molecular weight excluding hydrogens is 366 g/mol. The number of unbranched alkanes of at least 4 members (excludes halogenated alkanes) is 1. The Balaban J connectivity index is 1.82. The standard InChI is InChI=1S/C25H24N.Cr/c1-2-3-18-26-24(21-14-8-5-9-15-21)23(19-20-12-6-4-7-13-20)25(26)22-16-10-11-17-22;/h4-17,24H,2-3,18H2,1H3;. The van der Waals surface area contributed by atoms with Gasteiger partial charge in [-0.25, -0.2) is 0 Å². The van der Waals surface area contributed by atoms with Crippen molar-refractivity contribution in [3.63, 3.8) is 0 Å². The van der Waals surface area contributed by atoms with Gasteiger partial charge in [0.1, 0.15) is 0 Å². The predicted octanol–water partition coefficient (Wildman–Crippen LogP) is 5.57. The molecule has 0 saturated heterocycles. The Bertz CT molecular complexity index is 906. The fourth-order valence-electron chi connectivity index (χ4n) is 3.88. The first-order chi connectivity index (χ1) is 13.3. The fourth-order valence-corrected chi connectivity index (χ4v) is 4.42. The van der Waals surface area contributed by atoms with Gasteiger partial charge in [-0.1, -0.05) is 0 Å². The first-order valence-corrected chi connectivity index (χ1v) is 10.3. The summed E-state index contributed by atoms with van der Waals surface area (Å²) >= 11 is 3.40. The maximum absolute atomic E-state index is 3.40. The van der Waals surface area contributed by atoms with Crippen molar-refractivity contribution in [1.29, 1.82) is 0 Å². The van der Waals surface area contributed by atoms with E-state index in [1.165, 1.54) is 45.2 Å². The number of hydrogen-bond acceptors (Lipinski definition) is 1. The zero-order chi connectivity index (χ0) is 18.6. The quantitative estimate of drug-likeness (QED) is 0.598. The Morgan fingerprint density at radius 3 is 2.33 bits per heavy atom. The second-order valence-electron chi connectivity index (χ2n) is 6.99. The van der Waals surface area contributed by atoms with Crippen molar-refractivity contribution in [2.45, 2.75) is 25.8 Å². The van der Waals surface area contributed by atoms with Crippen LogP contribution in [0, 0.1) is 6.42 Å². The zero-order valence-electron chi connectivity index (χ0n) is 15.6. The molecule has 1 heterocycles. The molecule has 1 aliphatic carbocycles. The first kappa shape index (κ1) is 18.2. The van der Waals surface area contributed by atoms with Crippen LogP contribution in [-0.2, 0) is 15.9 Å². The van der Waals surface area contributed by atoms with Crippen LogP contribution < -0.4 is 0 Å². The Hall–Kier alpha value is -2.14. The van der Waals surface area contributed by atoms with Crippen LogP contribution in [0.2, 0.25) is 0 Å². The molecule has 2 aliphatic rings. The summed E-state index contributed by atoms with van der Waals surface area (Å²) in [4.78, 5) is 2.59. The molecule has 0 saturated carbocycles. The molecule has 1 radical (unpaired) electrons. The van der Waals surface area contributed by atoms with E-state index < -0.39 is 0 Å². The van der Waals surface area contributed by atoms with Gasteiger partial charge < -0.3 is 0 Å². The van der Waals surface area contributed by atoms with E-state index in [0.29, 0.717) is 6.04 Å². The molecule has 1 unspecified atom stereocenters. The molecule has 0 fully saturated rings. The second kappa shape index (κ2) is 8.26. The molecule has 1 nitrogen and oxygen atoms in total. The molecular formula is C25H24CrN. The average Bonchev–Trinajstić information content (AvgIpc) is 3.22. The minimum atomic E-state index is 0.305. The predicted molar refractivity (Wildman–Crippen MR) is 110 cm³/mol. The molecule has 1 aliphatic heterocycles. The van der Waals surface area contributed by atoms with Crippen LogP contribution in [0.25, 0.3) is 0 Å². The number of hydrogen-bond donors (Lipinski definition) is 0. The summed E-state index contributed by atoms with van der Waals surface area (Å²) in [7, 11) is 0. The monoisotopic (exact) mass is 390 g/mol. The van der Waals surface area contributed by atoms with Gasteiger partial charge in [0, 0.05) is 0 Å². The van der Waals surface area contributed by atoms with Crippen molar-refractivity contribution in [3.8, 4) is 0 Å². The van der Waals surface area contributed by atoms with E-state index in [2.05, 4.69) is 113 Å². The molecule has 2 aromatic carbocycles. The third-order valence-electron chi connectivity index (χ3n) is 5.21. The fraction of sp³-hybridized carbons (Fsp3) is 0.200. The molecule has 2 heteroatoms. The summed E-state index contributed by atoms with van der Waals surface area (Å²) in [5, 5.41) is 0. The van der Waals surface area contributed by atoms with Crippen LogP contribution in [0.15, 0.2) is 95.7 Å². The minimum absolute atomic E-state index is 0.305. The van der Waals surface area contributed by atoms with Crippen LogP contribution in [-0.4, -0.2) is 15.8 Å². The van der Waals surface area contributed by atoms with E-state index in [1.807, 2.05) is 0 Å². The second-order valence-corrected chi connectivity index (χ2v) is 7.63. The Morgan fingerprint density at radius 1 is 1.00 bits per heavy atom. The molecule has 0 aromatic heterocycles. The molecule has 4 rings (SSSR count). The maximum atomic E-state index is 3.40. The van der Waals surface area contributed by atoms with E-state index in [0.717, 1.165) is 6.54 Å². The molecule has 1 atom stereocenters. The van der Waals surface area contributed by atoms with Gasteiger partial charge in [0.2, 0.25) is 0 Å². The van der Waals surface area contributed by atoms with E-state index in [1.54, 1.807) is 0 Å². The van der Waals surface area contributed by atoms with Crippen molar-refractivity contribution in [1.82, 2.24) is 4.90 Å². The van der Waals surface area contributed by atoms with Gasteiger partial charge in [-0.15, -0.1) is 0 Å². The summed E-state index contributed by atoms with van der Waals surface area (Å²) in [5.74, 6) is 0. The molecule has 0 spiro atoms. The van der Waals surface area contributed by atoms with Crippen molar-refractivity contribution < 1.29 is 15.9 Å². The van der Waals surface area contributed by atoms with Gasteiger partial charge >= 0.3 is 171 Å². The van der Waals surface area contributed by atoms with Gasteiger partial charge in [0.05, 0.1) is 0 Å². The van der Waals surface area contributed by atoms with Gasteiger partial charge in [-0.3, -0.25) is 0 Å². The summed E-state index contributed by atoms with van der Waals surface area (Å²) < 4.78 is 1.26. The van der Waals surface area contributed by atoms with Gasteiger partial charge in [0.25, 0.3) is 0 Å². The number of nitrogens with zero attached hydrogens (tertiary/aromatic N) is 1. The summed E-state index contributed by atoms with van der Waals surface area (Å²) in [6.07, 6.45) is 11.1. The third-order valence-corrected chi connectivity index (χ3v) is 5.92. The van der Waals surface area contributed by atoms with Crippen molar-refractivity contribution in [2.24, 2.45) is 0 Å². The number of rotatable bonds is 7. The van der Waals surface area contributed by atoms with Crippen LogP contribution in [0.3, 0.4) is 0 Å². The number of benzene rings is 2. The van der Waals surface area contributed by atoms with E-state index >= 15 is 0 Å². The topological polar surface area (TPSA) is 3.24 Å². The Morgan fingerprint density at radius 2 is 1.70 bits per heavy atom. The van der Waals surface area contributed by atoms with Gasteiger partial charge in [0.15, 0.2) is 0 Å². The summed E-state index contributed by atoms with van der Waals surface area (Å²) in [5.41, 5.74) is 6.72. The summed E-state index contributed by atoms with van der Waals surface area (Å²) in [6.45, 7) is 3.35. The SMILES string of the molecule is CCCCN1C(C2=C[CH]C=C2)=C([C](=[Cr])c2ccccc2)C1c1ccccc1.